The van der Waals surface area contributed by atoms with Gasteiger partial charge < -0.3 is 10.1 Å². The second kappa shape index (κ2) is 6.68. The molecule has 2 rings (SSSR count). The number of nitrogens with one attached hydrogen (secondary N) is 1. The third kappa shape index (κ3) is 3.78. The van der Waals surface area contributed by atoms with E-state index in [1.807, 2.05) is 24.3 Å². The second-order valence-electron chi connectivity index (χ2n) is 4.99. The molecule has 1 aliphatic heterocycles. The molecule has 4 nitrogen and oxygen atoms in total. The Morgan fingerprint density at radius 3 is 2.53 bits per heavy atom. The summed E-state index contributed by atoms with van der Waals surface area (Å²) in [6, 6.07) is 7.65. The molecule has 0 aliphatic carbocycles. The SMILES string of the molecule is COc1ccc(C(=O)CC(C)N2CCNCC2)cc1. The van der Waals surface area contributed by atoms with E-state index in [9.17, 15) is 4.79 Å². The molecule has 19 heavy (non-hydrogen) atoms. The largest absolute Gasteiger partial charge is 0.497 e. The van der Waals surface area contributed by atoms with Crippen LogP contribution in [-0.2, 0) is 0 Å². The number of Topliss-reactive ketones (excluding diaryl/α,β-unsaturated/α-hetero) is 1. The molecule has 104 valence electrons. The van der Waals surface area contributed by atoms with Crippen molar-refractivity contribution in [3.63, 3.8) is 0 Å². The molecular formula is C15H22N2O2. The Balaban J connectivity index is 1.91. The number of hydrogen-bond donors (Lipinski definition) is 1. The van der Waals surface area contributed by atoms with Crippen molar-refractivity contribution < 1.29 is 9.53 Å². The van der Waals surface area contributed by atoms with Crippen LogP contribution in [0.1, 0.15) is 23.7 Å². The van der Waals surface area contributed by atoms with E-state index in [0.29, 0.717) is 12.5 Å². The molecular weight excluding hydrogens is 240 g/mol. The number of rotatable bonds is 5. The molecule has 1 fully saturated rings. The fraction of sp³-hybridized carbons (Fsp3) is 0.533. The van der Waals surface area contributed by atoms with E-state index in [1.165, 1.54) is 0 Å². The van der Waals surface area contributed by atoms with Gasteiger partial charge in [-0.05, 0) is 31.2 Å². The number of hydrogen-bond acceptors (Lipinski definition) is 4. The lowest BCUT2D eigenvalue weighted by molar-refractivity contribution is 0.0918. The Hall–Kier alpha value is -1.39. The van der Waals surface area contributed by atoms with Crippen LogP contribution in [0.15, 0.2) is 24.3 Å². The predicted octanol–water partition coefficient (Wildman–Crippen LogP) is 1.56. The highest BCUT2D eigenvalue weighted by molar-refractivity contribution is 5.96. The fourth-order valence-corrected chi connectivity index (χ4v) is 2.42. The second-order valence-corrected chi connectivity index (χ2v) is 4.99. The smallest absolute Gasteiger partial charge is 0.164 e. The molecule has 1 aromatic rings. The fourth-order valence-electron chi connectivity index (χ4n) is 2.42. The third-order valence-corrected chi connectivity index (χ3v) is 3.67. The van der Waals surface area contributed by atoms with Gasteiger partial charge in [0, 0.05) is 44.2 Å². The van der Waals surface area contributed by atoms with Gasteiger partial charge in [-0.2, -0.15) is 0 Å². The minimum absolute atomic E-state index is 0.202. The number of nitrogens with zero attached hydrogens (tertiary/aromatic N) is 1. The van der Waals surface area contributed by atoms with Crippen molar-refractivity contribution in [3.8, 4) is 5.75 Å². The first-order valence-corrected chi connectivity index (χ1v) is 6.82. The average molecular weight is 262 g/mol. The molecule has 1 unspecified atom stereocenters. The van der Waals surface area contributed by atoms with Crippen molar-refractivity contribution in [2.24, 2.45) is 0 Å². The Bertz CT molecular complexity index is 411. The monoisotopic (exact) mass is 262 g/mol. The zero-order chi connectivity index (χ0) is 13.7. The number of methoxy groups -OCH3 is 1. The normalized spacial score (nSPS) is 18.0. The third-order valence-electron chi connectivity index (χ3n) is 3.67. The summed E-state index contributed by atoms with van der Waals surface area (Å²) in [6.45, 7) is 6.21. The van der Waals surface area contributed by atoms with Crippen molar-refractivity contribution in [1.29, 1.82) is 0 Å². The summed E-state index contributed by atoms with van der Waals surface area (Å²) in [5.41, 5.74) is 0.766. The van der Waals surface area contributed by atoms with Crippen LogP contribution in [0.25, 0.3) is 0 Å². The van der Waals surface area contributed by atoms with Crippen LogP contribution in [0.5, 0.6) is 5.75 Å². The van der Waals surface area contributed by atoms with Crippen molar-refractivity contribution in [2.75, 3.05) is 33.3 Å². The zero-order valence-electron chi connectivity index (χ0n) is 11.7. The van der Waals surface area contributed by atoms with Crippen molar-refractivity contribution in [3.05, 3.63) is 29.8 Å². The highest BCUT2D eigenvalue weighted by Crippen LogP contribution is 2.15. The Morgan fingerprint density at radius 2 is 1.95 bits per heavy atom. The first-order chi connectivity index (χ1) is 9.20. The lowest BCUT2D eigenvalue weighted by Crippen LogP contribution is -2.48. The molecule has 1 saturated heterocycles. The first kappa shape index (κ1) is 14.0. The minimum Gasteiger partial charge on any atom is -0.497 e. The number of ether oxygens (including phenoxy) is 1. The molecule has 1 aliphatic rings. The number of carbonyl (C=O) groups is 1. The van der Waals surface area contributed by atoms with E-state index in [2.05, 4.69) is 17.1 Å². The quantitative estimate of drug-likeness (QED) is 0.818. The Kier molecular flexibility index (Phi) is 4.93. The molecule has 0 saturated carbocycles. The standard InChI is InChI=1S/C15H22N2O2/c1-12(17-9-7-16-8-10-17)11-15(18)13-3-5-14(19-2)6-4-13/h3-6,12,16H,7-11H2,1-2H3. The molecule has 1 heterocycles. The topological polar surface area (TPSA) is 41.6 Å². The lowest BCUT2D eigenvalue weighted by Gasteiger charge is -2.32. The van der Waals surface area contributed by atoms with Gasteiger partial charge >= 0.3 is 0 Å². The van der Waals surface area contributed by atoms with Gasteiger partial charge in [-0.3, -0.25) is 9.69 Å². The summed E-state index contributed by atoms with van der Waals surface area (Å²) < 4.78 is 5.10. The van der Waals surface area contributed by atoms with Gasteiger partial charge in [-0.15, -0.1) is 0 Å². The maximum Gasteiger partial charge on any atom is 0.164 e. The van der Waals surface area contributed by atoms with Crippen LogP contribution in [0, 0.1) is 0 Å². The summed E-state index contributed by atoms with van der Waals surface area (Å²) in [6.07, 6.45) is 0.576. The van der Waals surface area contributed by atoms with E-state index in [1.54, 1.807) is 7.11 Å². The molecule has 0 amide bonds. The molecule has 0 spiro atoms. The number of benzene rings is 1. The van der Waals surface area contributed by atoms with Crippen LogP contribution >= 0.6 is 0 Å². The lowest BCUT2D eigenvalue weighted by atomic mass is 10.0. The van der Waals surface area contributed by atoms with Crippen LogP contribution in [0.2, 0.25) is 0 Å². The van der Waals surface area contributed by atoms with Gasteiger partial charge in [0.2, 0.25) is 0 Å². The van der Waals surface area contributed by atoms with Crippen molar-refractivity contribution in [2.45, 2.75) is 19.4 Å². The molecule has 0 aromatic heterocycles. The van der Waals surface area contributed by atoms with E-state index >= 15 is 0 Å². The van der Waals surface area contributed by atoms with Crippen molar-refractivity contribution >= 4 is 5.78 Å². The van der Waals surface area contributed by atoms with Crippen molar-refractivity contribution in [1.82, 2.24) is 10.2 Å². The number of carbonyl (C=O) groups excluding carboxylic acids is 1. The number of ketones is 1. The van der Waals surface area contributed by atoms with Gasteiger partial charge in [-0.25, -0.2) is 0 Å². The summed E-state index contributed by atoms with van der Waals surface area (Å²) in [7, 11) is 1.63. The molecule has 4 heteroatoms. The summed E-state index contributed by atoms with van der Waals surface area (Å²) in [5.74, 6) is 0.986. The summed E-state index contributed by atoms with van der Waals surface area (Å²) >= 11 is 0. The van der Waals surface area contributed by atoms with Gasteiger partial charge in [0.25, 0.3) is 0 Å². The minimum atomic E-state index is 0.202. The molecule has 1 N–H and O–H groups in total. The van der Waals surface area contributed by atoms with Crippen LogP contribution in [0.4, 0.5) is 0 Å². The average Bonchev–Trinajstić information content (AvgIpc) is 2.48. The number of piperazine rings is 1. The van der Waals surface area contributed by atoms with Gasteiger partial charge in [0.1, 0.15) is 5.75 Å². The molecule has 0 radical (unpaired) electrons. The Labute approximate surface area is 114 Å². The van der Waals surface area contributed by atoms with E-state index < -0.39 is 0 Å². The van der Waals surface area contributed by atoms with E-state index in [-0.39, 0.29) is 5.78 Å². The highest BCUT2D eigenvalue weighted by Gasteiger charge is 2.19. The summed E-state index contributed by atoms with van der Waals surface area (Å²) in [4.78, 5) is 14.6. The van der Waals surface area contributed by atoms with E-state index in [4.69, 9.17) is 4.74 Å². The predicted molar refractivity (Wildman–Crippen MR) is 75.8 cm³/mol. The van der Waals surface area contributed by atoms with Gasteiger partial charge in [-0.1, -0.05) is 0 Å². The summed E-state index contributed by atoms with van der Waals surface area (Å²) in [5, 5.41) is 3.33. The first-order valence-electron chi connectivity index (χ1n) is 6.82. The molecule has 1 atom stereocenters. The van der Waals surface area contributed by atoms with Gasteiger partial charge in [0.15, 0.2) is 5.78 Å². The molecule has 0 bridgehead atoms. The highest BCUT2D eigenvalue weighted by atomic mass is 16.5. The zero-order valence-corrected chi connectivity index (χ0v) is 11.7. The molecule has 1 aromatic carbocycles. The maximum absolute atomic E-state index is 12.2. The van der Waals surface area contributed by atoms with Crippen LogP contribution < -0.4 is 10.1 Å². The Morgan fingerprint density at radius 1 is 1.32 bits per heavy atom. The van der Waals surface area contributed by atoms with E-state index in [0.717, 1.165) is 37.5 Å². The van der Waals surface area contributed by atoms with Crippen LogP contribution in [0.3, 0.4) is 0 Å². The maximum atomic E-state index is 12.2. The van der Waals surface area contributed by atoms with Crippen LogP contribution in [-0.4, -0.2) is 50.0 Å². The van der Waals surface area contributed by atoms with Gasteiger partial charge in [0.05, 0.1) is 7.11 Å².